The standard InChI is InChI=1S/C15H24N2O3/c1-9(12-8-10-4-5-11(12)7-10)16-15(20)17-6-2-3-13(17)14(18)19/h9-13H,2-8H2,1H3,(H,16,20)(H,18,19)/t9?,10?,11?,12?,13-/m1/s1. The van der Waals surface area contributed by atoms with Gasteiger partial charge in [-0.3, -0.25) is 0 Å². The molecule has 3 aliphatic rings. The molecule has 5 heteroatoms. The van der Waals surface area contributed by atoms with Crippen LogP contribution in [0.3, 0.4) is 0 Å². The molecule has 1 saturated heterocycles. The molecule has 0 radical (unpaired) electrons. The van der Waals surface area contributed by atoms with E-state index in [1.807, 2.05) is 0 Å². The Bertz CT molecular complexity index is 412. The zero-order valence-corrected chi connectivity index (χ0v) is 12.0. The molecular formula is C15H24N2O3. The lowest BCUT2D eigenvalue weighted by Gasteiger charge is -2.31. The van der Waals surface area contributed by atoms with E-state index in [-0.39, 0.29) is 12.1 Å². The Balaban J connectivity index is 1.57. The summed E-state index contributed by atoms with van der Waals surface area (Å²) >= 11 is 0. The molecule has 0 aromatic heterocycles. The number of nitrogens with one attached hydrogen (secondary N) is 1. The number of likely N-dealkylation sites (tertiary alicyclic amines) is 1. The van der Waals surface area contributed by atoms with Crippen LogP contribution in [-0.4, -0.2) is 40.6 Å². The number of urea groups is 1. The zero-order chi connectivity index (χ0) is 14.3. The summed E-state index contributed by atoms with van der Waals surface area (Å²) in [5.41, 5.74) is 0. The van der Waals surface area contributed by atoms with E-state index in [2.05, 4.69) is 12.2 Å². The third kappa shape index (κ3) is 2.38. The van der Waals surface area contributed by atoms with Gasteiger partial charge in [0.1, 0.15) is 6.04 Å². The van der Waals surface area contributed by atoms with Gasteiger partial charge in [-0.15, -0.1) is 0 Å². The van der Waals surface area contributed by atoms with Gasteiger partial charge in [-0.05, 0) is 56.8 Å². The predicted octanol–water partition coefficient (Wildman–Crippen LogP) is 2.07. The van der Waals surface area contributed by atoms with E-state index in [0.29, 0.717) is 18.9 Å². The molecule has 2 N–H and O–H groups in total. The first-order valence-corrected chi connectivity index (χ1v) is 7.86. The van der Waals surface area contributed by atoms with Gasteiger partial charge in [-0.1, -0.05) is 6.42 Å². The van der Waals surface area contributed by atoms with Crippen LogP contribution in [0.25, 0.3) is 0 Å². The molecule has 4 unspecified atom stereocenters. The van der Waals surface area contributed by atoms with E-state index in [9.17, 15) is 9.59 Å². The van der Waals surface area contributed by atoms with Crippen LogP contribution in [-0.2, 0) is 4.79 Å². The largest absolute Gasteiger partial charge is 0.480 e. The summed E-state index contributed by atoms with van der Waals surface area (Å²) in [4.78, 5) is 24.9. The molecule has 5 atom stereocenters. The second-order valence-electron chi connectivity index (χ2n) is 6.77. The van der Waals surface area contributed by atoms with Crippen molar-refractivity contribution >= 4 is 12.0 Å². The average Bonchev–Trinajstić information content (AvgIpc) is 3.13. The van der Waals surface area contributed by atoms with Crippen molar-refractivity contribution in [3.05, 3.63) is 0 Å². The van der Waals surface area contributed by atoms with E-state index in [1.54, 1.807) is 0 Å². The highest BCUT2D eigenvalue weighted by atomic mass is 16.4. The molecule has 3 rings (SSSR count). The van der Waals surface area contributed by atoms with Crippen molar-refractivity contribution in [3.63, 3.8) is 0 Å². The number of hydrogen-bond donors (Lipinski definition) is 2. The summed E-state index contributed by atoms with van der Waals surface area (Å²) in [5, 5.41) is 12.2. The van der Waals surface area contributed by atoms with E-state index in [0.717, 1.165) is 18.3 Å². The number of carbonyl (C=O) groups is 2. The maximum absolute atomic E-state index is 12.3. The van der Waals surface area contributed by atoms with Crippen molar-refractivity contribution in [1.82, 2.24) is 10.2 Å². The summed E-state index contributed by atoms with van der Waals surface area (Å²) in [6.45, 7) is 2.64. The second-order valence-corrected chi connectivity index (χ2v) is 6.77. The predicted molar refractivity (Wildman–Crippen MR) is 74.3 cm³/mol. The topological polar surface area (TPSA) is 69.6 Å². The third-order valence-electron chi connectivity index (χ3n) is 5.58. The Morgan fingerprint density at radius 3 is 2.65 bits per heavy atom. The van der Waals surface area contributed by atoms with Crippen molar-refractivity contribution < 1.29 is 14.7 Å². The van der Waals surface area contributed by atoms with E-state index < -0.39 is 12.0 Å². The average molecular weight is 280 g/mol. The molecule has 0 aromatic carbocycles. The Morgan fingerprint density at radius 2 is 2.05 bits per heavy atom. The van der Waals surface area contributed by atoms with Crippen LogP contribution in [0.4, 0.5) is 4.79 Å². The zero-order valence-electron chi connectivity index (χ0n) is 12.0. The van der Waals surface area contributed by atoms with Gasteiger partial charge >= 0.3 is 12.0 Å². The Labute approximate surface area is 119 Å². The number of aliphatic carboxylic acids is 1. The molecule has 2 aliphatic carbocycles. The van der Waals surface area contributed by atoms with E-state index in [1.165, 1.54) is 30.6 Å². The lowest BCUT2D eigenvalue weighted by Crippen LogP contribution is -2.50. The lowest BCUT2D eigenvalue weighted by atomic mass is 9.84. The maximum atomic E-state index is 12.3. The highest BCUT2D eigenvalue weighted by molar-refractivity contribution is 5.83. The van der Waals surface area contributed by atoms with E-state index >= 15 is 0 Å². The number of hydrogen-bond acceptors (Lipinski definition) is 2. The lowest BCUT2D eigenvalue weighted by molar-refractivity contribution is -0.141. The van der Waals surface area contributed by atoms with Gasteiger partial charge in [0.05, 0.1) is 0 Å². The van der Waals surface area contributed by atoms with Crippen molar-refractivity contribution in [2.45, 2.75) is 57.5 Å². The number of carboxylic acids is 1. The minimum Gasteiger partial charge on any atom is -0.480 e. The summed E-state index contributed by atoms with van der Waals surface area (Å²) in [7, 11) is 0. The molecule has 0 aromatic rings. The highest BCUT2D eigenvalue weighted by Crippen LogP contribution is 2.49. The van der Waals surface area contributed by atoms with Crippen LogP contribution in [0, 0.1) is 17.8 Å². The van der Waals surface area contributed by atoms with Crippen LogP contribution in [0.1, 0.15) is 45.4 Å². The number of carbonyl (C=O) groups excluding carboxylic acids is 1. The summed E-state index contributed by atoms with van der Waals surface area (Å²) in [5.74, 6) is 1.33. The Kier molecular flexibility index (Phi) is 3.61. The van der Waals surface area contributed by atoms with E-state index in [4.69, 9.17) is 5.11 Å². The van der Waals surface area contributed by atoms with Crippen LogP contribution >= 0.6 is 0 Å². The maximum Gasteiger partial charge on any atom is 0.326 e. The van der Waals surface area contributed by atoms with Crippen LogP contribution in [0.15, 0.2) is 0 Å². The number of rotatable bonds is 3. The summed E-state index contributed by atoms with van der Waals surface area (Å²) in [6.07, 6.45) is 6.57. The molecule has 20 heavy (non-hydrogen) atoms. The smallest absolute Gasteiger partial charge is 0.326 e. The molecule has 1 aliphatic heterocycles. The van der Waals surface area contributed by atoms with Gasteiger partial charge in [0.15, 0.2) is 0 Å². The fourth-order valence-electron chi connectivity index (χ4n) is 4.56. The van der Waals surface area contributed by atoms with Crippen molar-refractivity contribution in [2.75, 3.05) is 6.54 Å². The monoisotopic (exact) mass is 280 g/mol. The minimum absolute atomic E-state index is 0.160. The van der Waals surface area contributed by atoms with Crippen molar-refractivity contribution in [1.29, 1.82) is 0 Å². The van der Waals surface area contributed by atoms with Gasteiger partial charge in [0, 0.05) is 12.6 Å². The summed E-state index contributed by atoms with van der Waals surface area (Å²) < 4.78 is 0. The van der Waals surface area contributed by atoms with Crippen LogP contribution in [0.2, 0.25) is 0 Å². The Morgan fingerprint density at radius 1 is 1.25 bits per heavy atom. The molecule has 2 bridgehead atoms. The van der Waals surface area contributed by atoms with Gasteiger partial charge < -0.3 is 15.3 Å². The number of carboxylic acid groups (broad SMARTS) is 1. The molecule has 0 spiro atoms. The molecule has 5 nitrogen and oxygen atoms in total. The Hall–Kier alpha value is -1.26. The first-order valence-electron chi connectivity index (χ1n) is 7.86. The quantitative estimate of drug-likeness (QED) is 0.831. The molecule has 2 amide bonds. The summed E-state index contributed by atoms with van der Waals surface area (Å²) in [6, 6.07) is -0.666. The van der Waals surface area contributed by atoms with Crippen molar-refractivity contribution in [2.24, 2.45) is 17.8 Å². The molecule has 2 saturated carbocycles. The molecule has 1 heterocycles. The van der Waals surface area contributed by atoms with Crippen molar-refractivity contribution in [3.8, 4) is 0 Å². The molecule has 3 fully saturated rings. The fraction of sp³-hybridized carbons (Fsp3) is 0.867. The minimum atomic E-state index is -0.884. The SMILES string of the molecule is CC(NC(=O)N1CCC[C@@H]1C(=O)O)C1CC2CCC1C2. The third-order valence-corrected chi connectivity index (χ3v) is 5.58. The fourth-order valence-corrected chi connectivity index (χ4v) is 4.56. The normalized spacial score (nSPS) is 37.1. The number of amides is 2. The first-order chi connectivity index (χ1) is 9.56. The van der Waals surface area contributed by atoms with Crippen LogP contribution < -0.4 is 5.32 Å². The second kappa shape index (κ2) is 5.26. The first kappa shape index (κ1) is 13.7. The van der Waals surface area contributed by atoms with Crippen LogP contribution in [0.5, 0.6) is 0 Å². The van der Waals surface area contributed by atoms with Gasteiger partial charge in [0.2, 0.25) is 0 Å². The number of fused-ring (bicyclic) bond motifs is 2. The van der Waals surface area contributed by atoms with Gasteiger partial charge in [-0.25, -0.2) is 9.59 Å². The van der Waals surface area contributed by atoms with Gasteiger partial charge in [0.25, 0.3) is 0 Å². The molecule has 112 valence electrons. The highest BCUT2D eigenvalue weighted by Gasteiger charge is 2.43. The number of nitrogens with zero attached hydrogens (tertiary/aromatic N) is 1. The molecular weight excluding hydrogens is 256 g/mol. The van der Waals surface area contributed by atoms with Gasteiger partial charge in [-0.2, -0.15) is 0 Å².